The highest BCUT2D eigenvalue weighted by Gasteiger charge is 2.18. The summed E-state index contributed by atoms with van der Waals surface area (Å²) >= 11 is 0. The molecule has 0 spiro atoms. The fourth-order valence-corrected chi connectivity index (χ4v) is 1.90. The standard InChI is InChI=1S/C17H14F2N2O3/c1-11(23-13-6-4-5-12(9-13)10-20)16(22)21-14-7-2-3-8-15(14)24-17(18)19/h2-9,11,17H,1H3,(H,21,22)/t11-/m0/s1. The van der Waals surface area contributed by atoms with Crippen LogP contribution < -0.4 is 14.8 Å². The van der Waals surface area contributed by atoms with Crippen molar-refractivity contribution in [1.82, 2.24) is 0 Å². The zero-order valence-corrected chi connectivity index (χ0v) is 12.7. The van der Waals surface area contributed by atoms with Crippen LogP contribution in [-0.4, -0.2) is 18.6 Å². The normalized spacial score (nSPS) is 11.5. The number of nitrogens with one attached hydrogen (secondary N) is 1. The molecule has 24 heavy (non-hydrogen) atoms. The smallest absolute Gasteiger partial charge is 0.387 e. The first-order valence-electron chi connectivity index (χ1n) is 7.01. The van der Waals surface area contributed by atoms with Crippen LogP contribution in [0.1, 0.15) is 12.5 Å². The summed E-state index contributed by atoms with van der Waals surface area (Å²) in [6, 6.07) is 14.2. The molecule has 0 heterocycles. The van der Waals surface area contributed by atoms with Gasteiger partial charge in [-0.2, -0.15) is 14.0 Å². The summed E-state index contributed by atoms with van der Waals surface area (Å²) in [5, 5.41) is 11.3. The number of nitriles is 1. The fourth-order valence-electron chi connectivity index (χ4n) is 1.90. The lowest BCUT2D eigenvalue weighted by molar-refractivity contribution is -0.122. The van der Waals surface area contributed by atoms with Gasteiger partial charge >= 0.3 is 6.61 Å². The van der Waals surface area contributed by atoms with E-state index in [1.54, 1.807) is 24.3 Å². The Hall–Kier alpha value is -3.14. The first kappa shape index (κ1) is 17.2. The number of ether oxygens (including phenoxy) is 2. The van der Waals surface area contributed by atoms with Crippen molar-refractivity contribution in [3.8, 4) is 17.6 Å². The Morgan fingerprint density at radius 3 is 2.62 bits per heavy atom. The van der Waals surface area contributed by atoms with Gasteiger partial charge in [0.2, 0.25) is 0 Å². The Balaban J connectivity index is 2.05. The SMILES string of the molecule is C[C@H](Oc1cccc(C#N)c1)C(=O)Nc1ccccc1OC(F)F. The second-order valence-electron chi connectivity index (χ2n) is 4.76. The van der Waals surface area contributed by atoms with Gasteiger partial charge in [0.05, 0.1) is 17.3 Å². The monoisotopic (exact) mass is 332 g/mol. The van der Waals surface area contributed by atoms with Gasteiger partial charge < -0.3 is 14.8 Å². The maximum Gasteiger partial charge on any atom is 0.387 e. The number of amides is 1. The molecule has 1 amide bonds. The van der Waals surface area contributed by atoms with Gasteiger partial charge in [0, 0.05) is 0 Å². The molecule has 0 aromatic heterocycles. The summed E-state index contributed by atoms with van der Waals surface area (Å²) in [6.45, 7) is -1.49. The minimum Gasteiger partial charge on any atom is -0.481 e. The van der Waals surface area contributed by atoms with Crippen LogP contribution in [0.15, 0.2) is 48.5 Å². The van der Waals surface area contributed by atoms with Crippen molar-refractivity contribution in [3.05, 3.63) is 54.1 Å². The molecular weight excluding hydrogens is 318 g/mol. The Bertz CT molecular complexity index is 759. The van der Waals surface area contributed by atoms with Crippen LogP contribution in [0.3, 0.4) is 0 Å². The van der Waals surface area contributed by atoms with Crippen LogP contribution in [0.4, 0.5) is 14.5 Å². The molecule has 0 aliphatic carbocycles. The highest BCUT2D eigenvalue weighted by Crippen LogP contribution is 2.26. The Morgan fingerprint density at radius 1 is 1.17 bits per heavy atom. The number of alkyl halides is 2. The van der Waals surface area contributed by atoms with Crippen molar-refractivity contribution in [2.45, 2.75) is 19.6 Å². The van der Waals surface area contributed by atoms with Crippen LogP contribution in [0.2, 0.25) is 0 Å². The summed E-state index contributed by atoms with van der Waals surface area (Å²) in [4.78, 5) is 12.2. The quantitative estimate of drug-likeness (QED) is 0.878. The van der Waals surface area contributed by atoms with E-state index in [0.29, 0.717) is 11.3 Å². The number of rotatable bonds is 6. The van der Waals surface area contributed by atoms with Gasteiger partial charge in [-0.1, -0.05) is 18.2 Å². The van der Waals surface area contributed by atoms with E-state index in [1.165, 1.54) is 31.2 Å². The second kappa shape index (κ2) is 7.92. The molecule has 0 saturated heterocycles. The molecule has 1 atom stereocenters. The average Bonchev–Trinajstić information content (AvgIpc) is 2.56. The molecule has 0 aliphatic rings. The fraction of sp³-hybridized carbons (Fsp3) is 0.176. The largest absolute Gasteiger partial charge is 0.481 e. The van der Waals surface area contributed by atoms with Crippen molar-refractivity contribution >= 4 is 11.6 Å². The van der Waals surface area contributed by atoms with E-state index in [4.69, 9.17) is 10.00 Å². The van der Waals surface area contributed by atoms with Gasteiger partial charge in [-0.05, 0) is 37.3 Å². The van der Waals surface area contributed by atoms with Crippen LogP contribution in [0.5, 0.6) is 11.5 Å². The first-order valence-corrected chi connectivity index (χ1v) is 7.01. The molecule has 0 radical (unpaired) electrons. The Kier molecular flexibility index (Phi) is 5.68. The van der Waals surface area contributed by atoms with Gasteiger partial charge in [-0.25, -0.2) is 0 Å². The number of benzene rings is 2. The third-order valence-electron chi connectivity index (χ3n) is 3.01. The number of para-hydroxylation sites is 2. The number of carbonyl (C=O) groups excluding carboxylic acids is 1. The van der Waals surface area contributed by atoms with Gasteiger partial charge in [-0.3, -0.25) is 4.79 Å². The highest BCUT2D eigenvalue weighted by molar-refractivity contribution is 5.95. The summed E-state index contributed by atoms with van der Waals surface area (Å²) in [7, 11) is 0. The third kappa shape index (κ3) is 4.68. The van der Waals surface area contributed by atoms with E-state index < -0.39 is 18.6 Å². The maximum absolute atomic E-state index is 12.4. The molecule has 7 heteroatoms. The van der Waals surface area contributed by atoms with Crippen LogP contribution in [-0.2, 0) is 4.79 Å². The number of carbonyl (C=O) groups is 1. The highest BCUT2D eigenvalue weighted by atomic mass is 19.3. The summed E-state index contributed by atoms with van der Waals surface area (Å²) in [5.41, 5.74) is 0.514. The molecule has 2 aromatic carbocycles. The van der Waals surface area contributed by atoms with E-state index in [1.807, 2.05) is 6.07 Å². The van der Waals surface area contributed by atoms with E-state index in [9.17, 15) is 13.6 Å². The van der Waals surface area contributed by atoms with Crippen molar-refractivity contribution < 1.29 is 23.0 Å². The molecule has 2 aromatic rings. The number of anilines is 1. The Morgan fingerprint density at radius 2 is 1.92 bits per heavy atom. The molecule has 124 valence electrons. The molecular formula is C17H14F2N2O3. The molecule has 0 bridgehead atoms. The van der Waals surface area contributed by atoms with Gasteiger partial charge in [-0.15, -0.1) is 0 Å². The minimum atomic E-state index is -2.99. The average molecular weight is 332 g/mol. The second-order valence-corrected chi connectivity index (χ2v) is 4.76. The number of hydrogen-bond acceptors (Lipinski definition) is 4. The lowest BCUT2D eigenvalue weighted by atomic mass is 10.2. The first-order chi connectivity index (χ1) is 11.5. The Labute approximate surface area is 137 Å². The van der Waals surface area contributed by atoms with E-state index in [0.717, 1.165) is 0 Å². The minimum absolute atomic E-state index is 0.115. The van der Waals surface area contributed by atoms with Crippen molar-refractivity contribution in [2.24, 2.45) is 0 Å². The molecule has 0 unspecified atom stereocenters. The van der Waals surface area contributed by atoms with E-state index in [-0.39, 0.29) is 11.4 Å². The van der Waals surface area contributed by atoms with Crippen molar-refractivity contribution in [1.29, 1.82) is 5.26 Å². The van der Waals surface area contributed by atoms with Crippen LogP contribution in [0.25, 0.3) is 0 Å². The topological polar surface area (TPSA) is 71.3 Å². The zero-order chi connectivity index (χ0) is 17.5. The zero-order valence-electron chi connectivity index (χ0n) is 12.7. The summed E-state index contributed by atoms with van der Waals surface area (Å²) in [5.74, 6) is -0.323. The van der Waals surface area contributed by atoms with Gasteiger partial charge in [0.25, 0.3) is 5.91 Å². The predicted molar refractivity (Wildman–Crippen MR) is 83.0 cm³/mol. The van der Waals surface area contributed by atoms with Crippen molar-refractivity contribution in [3.63, 3.8) is 0 Å². The molecule has 5 nitrogen and oxygen atoms in total. The van der Waals surface area contributed by atoms with Crippen LogP contribution >= 0.6 is 0 Å². The molecule has 0 aliphatic heterocycles. The summed E-state index contributed by atoms with van der Waals surface area (Å²) in [6.07, 6.45) is -0.904. The molecule has 0 saturated carbocycles. The lowest BCUT2D eigenvalue weighted by Crippen LogP contribution is -2.30. The van der Waals surface area contributed by atoms with E-state index in [2.05, 4.69) is 10.1 Å². The molecule has 2 rings (SSSR count). The van der Waals surface area contributed by atoms with E-state index >= 15 is 0 Å². The van der Waals surface area contributed by atoms with Crippen LogP contribution in [0, 0.1) is 11.3 Å². The van der Waals surface area contributed by atoms with Crippen molar-refractivity contribution in [2.75, 3.05) is 5.32 Å². The number of nitrogens with zero attached hydrogens (tertiary/aromatic N) is 1. The van der Waals surface area contributed by atoms with Gasteiger partial charge in [0.1, 0.15) is 11.5 Å². The number of hydrogen-bond donors (Lipinski definition) is 1. The van der Waals surface area contributed by atoms with Gasteiger partial charge in [0.15, 0.2) is 6.10 Å². The molecule has 1 N–H and O–H groups in total. The third-order valence-corrected chi connectivity index (χ3v) is 3.01. The maximum atomic E-state index is 12.4. The lowest BCUT2D eigenvalue weighted by Gasteiger charge is -2.16. The number of halogens is 2. The molecule has 0 fully saturated rings. The predicted octanol–water partition coefficient (Wildman–Crippen LogP) is 3.57. The summed E-state index contributed by atoms with van der Waals surface area (Å²) < 4.78 is 34.5.